The molecule has 13 heavy (non-hydrogen) atoms. The molecule has 2 heteroatoms. The third-order valence-corrected chi connectivity index (χ3v) is 3.52. The first-order chi connectivity index (χ1) is 6.02. The van der Waals surface area contributed by atoms with Crippen LogP contribution in [-0.2, 0) is 0 Å². The second-order valence-electron chi connectivity index (χ2n) is 5.17. The monoisotopic (exact) mass is 184 g/mol. The molecule has 0 aromatic carbocycles. The molecule has 0 amide bonds. The number of hydrogen-bond acceptors (Lipinski definition) is 2. The van der Waals surface area contributed by atoms with Crippen LogP contribution in [0.25, 0.3) is 0 Å². The minimum Gasteiger partial charge on any atom is -0.330 e. The summed E-state index contributed by atoms with van der Waals surface area (Å²) in [6.45, 7) is 6.69. The zero-order valence-electron chi connectivity index (χ0n) is 9.51. The molecule has 2 atom stereocenters. The highest BCUT2D eigenvalue weighted by Gasteiger charge is 2.53. The molecule has 2 nitrogen and oxygen atoms in total. The molecule has 1 aliphatic rings. The van der Waals surface area contributed by atoms with E-state index in [1.807, 2.05) is 0 Å². The van der Waals surface area contributed by atoms with E-state index in [0.29, 0.717) is 5.41 Å². The molecule has 1 fully saturated rings. The predicted octanol–water partition coefficient (Wildman–Crippen LogP) is 1.56. The normalized spacial score (nSPS) is 33.0. The smallest absolute Gasteiger partial charge is 0.00172 e. The lowest BCUT2D eigenvalue weighted by atomic mass is 9.94. The number of rotatable bonds is 5. The van der Waals surface area contributed by atoms with Crippen LogP contribution in [0.5, 0.6) is 0 Å². The van der Waals surface area contributed by atoms with Gasteiger partial charge in [-0.2, -0.15) is 0 Å². The van der Waals surface area contributed by atoms with E-state index >= 15 is 0 Å². The topological polar surface area (TPSA) is 29.3 Å². The highest BCUT2D eigenvalue weighted by Crippen LogP contribution is 2.58. The summed E-state index contributed by atoms with van der Waals surface area (Å²) >= 11 is 0. The Morgan fingerprint density at radius 3 is 2.38 bits per heavy atom. The molecule has 0 bridgehead atoms. The highest BCUT2D eigenvalue weighted by atomic mass is 15.1. The van der Waals surface area contributed by atoms with Gasteiger partial charge in [-0.3, -0.25) is 0 Å². The molecule has 0 aromatic rings. The maximum Gasteiger partial charge on any atom is -0.00172 e. The van der Waals surface area contributed by atoms with Crippen molar-refractivity contribution >= 4 is 0 Å². The highest BCUT2D eigenvalue weighted by molar-refractivity contribution is 5.04. The lowest BCUT2D eigenvalue weighted by Crippen LogP contribution is -2.25. The molecule has 2 N–H and O–H groups in total. The van der Waals surface area contributed by atoms with Crippen molar-refractivity contribution < 1.29 is 0 Å². The average molecular weight is 184 g/mol. The molecule has 1 rings (SSSR count). The second kappa shape index (κ2) is 3.97. The Balaban J connectivity index is 2.37. The van der Waals surface area contributed by atoms with Crippen molar-refractivity contribution in [3.05, 3.63) is 0 Å². The quantitative estimate of drug-likeness (QED) is 0.702. The van der Waals surface area contributed by atoms with E-state index < -0.39 is 0 Å². The van der Waals surface area contributed by atoms with Gasteiger partial charge in [0.05, 0.1) is 0 Å². The van der Waals surface area contributed by atoms with E-state index in [-0.39, 0.29) is 0 Å². The van der Waals surface area contributed by atoms with Crippen molar-refractivity contribution in [2.24, 2.45) is 23.0 Å². The van der Waals surface area contributed by atoms with E-state index in [1.54, 1.807) is 0 Å². The fourth-order valence-electron chi connectivity index (χ4n) is 2.39. The first-order valence-corrected chi connectivity index (χ1v) is 5.36. The van der Waals surface area contributed by atoms with Gasteiger partial charge in [-0.15, -0.1) is 0 Å². The summed E-state index contributed by atoms with van der Waals surface area (Å²) in [6, 6.07) is 0. The van der Waals surface area contributed by atoms with Crippen LogP contribution < -0.4 is 5.73 Å². The van der Waals surface area contributed by atoms with Gasteiger partial charge >= 0.3 is 0 Å². The van der Waals surface area contributed by atoms with Gasteiger partial charge in [-0.1, -0.05) is 13.8 Å². The second-order valence-corrected chi connectivity index (χ2v) is 5.17. The molecule has 0 saturated heterocycles. The Bertz CT molecular complexity index is 165. The zero-order chi connectivity index (χ0) is 10.1. The van der Waals surface area contributed by atoms with Gasteiger partial charge in [-0.25, -0.2) is 0 Å². The summed E-state index contributed by atoms with van der Waals surface area (Å²) < 4.78 is 0. The Hall–Kier alpha value is -0.0800. The first-order valence-electron chi connectivity index (χ1n) is 5.36. The maximum absolute atomic E-state index is 5.86. The predicted molar refractivity (Wildman–Crippen MR) is 57.6 cm³/mol. The SMILES string of the molecule is CC(C)C1CC1(CN)CCN(C)C. The Kier molecular flexibility index (Phi) is 3.36. The molecular weight excluding hydrogens is 160 g/mol. The maximum atomic E-state index is 5.86. The summed E-state index contributed by atoms with van der Waals surface area (Å²) in [7, 11) is 4.27. The molecule has 0 radical (unpaired) electrons. The fourth-order valence-corrected chi connectivity index (χ4v) is 2.39. The van der Waals surface area contributed by atoms with Crippen LogP contribution in [0.4, 0.5) is 0 Å². The molecule has 0 aromatic heterocycles. The summed E-state index contributed by atoms with van der Waals surface area (Å²) in [4.78, 5) is 2.26. The average Bonchev–Trinajstić information content (AvgIpc) is 2.76. The standard InChI is InChI=1S/C11H24N2/c1-9(2)10-7-11(10,8-12)5-6-13(3)4/h9-10H,5-8,12H2,1-4H3. The van der Waals surface area contributed by atoms with E-state index in [4.69, 9.17) is 5.73 Å². The molecule has 0 heterocycles. The molecular formula is C11H24N2. The Morgan fingerprint density at radius 2 is 2.08 bits per heavy atom. The first kappa shape index (κ1) is 11.0. The molecule has 0 spiro atoms. The van der Waals surface area contributed by atoms with Gasteiger partial charge in [0.15, 0.2) is 0 Å². The molecule has 2 unspecified atom stereocenters. The van der Waals surface area contributed by atoms with Gasteiger partial charge in [0.2, 0.25) is 0 Å². The zero-order valence-corrected chi connectivity index (χ0v) is 9.51. The third kappa shape index (κ3) is 2.44. The van der Waals surface area contributed by atoms with Crippen molar-refractivity contribution in [3.63, 3.8) is 0 Å². The summed E-state index contributed by atoms with van der Waals surface area (Å²) in [5.41, 5.74) is 6.36. The van der Waals surface area contributed by atoms with Crippen LogP contribution in [0.2, 0.25) is 0 Å². The Morgan fingerprint density at radius 1 is 1.46 bits per heavy atom. The Labute approximate surface area is 82.5 Å². The molecule has 1 saturated carbocycles. The van der Waals surface area contributed by atoms with E-state index in [2.05, 4.69) is 32.8 Å². The van der Waals surface area contributed by atoms with Gasteiger partial charge in [0.1, 0.15) is 0 Å². The van der Waals surface area contributed by atoms with Gasteiger partial charge in [-0.05, 0) is 57.3 Å². The van der Waals surface area contributed by atoms with Crippen LogP contribution in [0.1, 0.15) is 26.7 Å². The number of nitrogens with zero attached hydrogens (tertiary/aromatic N) is 1. The van der Waals surface area contributed by atoms with Crippen molar-refractivity contribution in [3.8, 4) is 0 Å². The van der Waals surface area contributed by atoms with Crippen molar-refractivity contribution in [1.82, 2.24) is 4.90 Å². The molecule has 78 valence electrons. The summed E-state index contributed by atoms with van der Waals surface area (Å²) in [6.07, 6.45) is 2.63. The van der Waals surface area contributed by atoms with Crippen molar-refractivity contribution in [2.45, 2.75) is 26.7 Å². The van der Waals surface area contributed by atoms with Gasteiger partial charge < -0.3 is 10.6 Å². The number of nitrogens with two attached hydrogens (primary N) is 1. The van der Waals surface area contributed by atoms with Crippen LogP contribution >= 0.6 is 0 Å². The van der Waals surface area contributed by atoms with Crippen molar-refractivity contribution in [2.75, 3.05) is 27.2 Å². The fraction of sp³-hybridized carbons (Fsp3) is 1.00. The lowest BCUT2D eigenvalue weighted by Gasteiger charge is -2.19. The summed E-state index contributed by atoms with van der Waals surface area (Å²) in [5.74, 6) is 1.70. The van der Waals surface area contributed by atoms with Crippen LogP contribution in [-0.4, -0.2) is 32.1 Å². The number of hydrogen-bond donors (Lipinski definition) is 1. The minimum atomic E-state index is 0.498. The summed E-state index contributed by atoms with van der Waals surface area (Å²) in [5, 5.41) is 0. The molecule has 1 aliphatic carbocycles. The van der Waals surface area contributed by atoms with Crippen LogP contribution in [0.15, 0.2) is 0 Å². The lowest BCUT2D eigenvalue weighted by molar-refractivity contribution is 0.308. The minimum absolute atomic E-state index is 0.498. The van der Waals surface area contributed by atoms with Crippen molar-refractivity contribution in [1.29, 1.82) is 0 Å². The third-order valence-electron chi connectivity index (χ3n) is 3.52. The van der Waals surface area contributed by atoms with Gasteiger partial charge in [0, 0.05) is 0 Å². The largest absolute Gasteiger partial charge is 0.330 e. The van der Waals surface area contributed by atoms with Gasteiger partial charge in [0.25, 0.3) is 0 Å². The molecule has 0 aliphatic heterocycles. The van der Waals surface area contributed by atoms with Crippen LogP contribution in [0.3, 0.4) is 0 Å². The van der Waals surface area contributed by atoms with E-state index in [0.717, 1.165) is 18.4 Å². The van der Waals surface area contributed by atoms with E-state index in [9.17, 15) is 0 Å². The van der Waals surface area contributed by atoms with E-state index in [1.165, 1.54) is 19.4 Å². The van der Waals surface area contributed by atoms with Crippen LogP contribution in [0, 0.1) is 17.3 Å².